The fourth-order valence-corrected chi connectivity index (χ4v) is 1.72. The van der Waals surface area contributed by atoms with E-state index in [-0.39, 0.29) is 23.3 Å². The molecule has 1 rings (SSSR count). The predicted octanol–water partition coefficient (Wildman–Crippen LogP) is 1.55. The van der Waals surface area contributed by atoms with Crippen LogP contribution in [0.3, 0.4) is 0 Å². The van der Waals surface area contributed by atoms with Crippen LogP contribution in [0.1, 0.15) is 34.7 Å². The second-order valence-corrected chi connectivity index (χ2v) is 5.45. The Bertz CT molecular complexity index is 484. The quantitative estimate of drug-likeness (QED) is 0.740. The molecule has 0 fully saturated rings. The lowest BCUT2D eigenvalue weighted by Gasteiger charge is -2.20. The molecule has 1 aromatic rings. The number of likely N-dealkylation sites (N-methyl/N-ethyl adjacent to an activating group) is 2. The van der Waals surface area contributed by atoms with Crippen molar-refractivity contribution in [3.05, 3.63) is 29.6 Å². The first-order valence-electron chi connectivity index (χ1n) is 6.74. The number of pyridine rings is 1. The maximum absolute atomic E-state index is 12.4. The molecule has 5 heteroatoms. The highest BCUT2D eigenvalue weighted by atomic mass is 16.2. The van der Waals surface area contributed by atoms with Gasteiger partial charge in [-0.1, -0.05) is 13.8 Å². The predicted molar refractivity (Wildman–Crippen MR) is 78.9 cm³/mol. The molecule has 0 atom stereocenters. The van der Waals surface area contributed by atoms with Gasteiger partial charge in [0, 0.05) is 37.8 Å². The minimum Gasteiger partial charge on any atom is -0.339 e. The summed E-state index contributed by atoms with van der Waals surface area (Å²) in [5, 5.41) is 0. The first-order chi connectivity index (χ1) is 9.34. The Kier molecular flexibility index (Phi) is 5.82. The van der Waals surface area contributed by atoms with Gasteiger partial charge in [-0.15, -0.1) is 0 Å². The van der Waals surface area contributed by atoms with Crippen LogP contribution in [0.2, 0.25) is 0 Å². The molecule has 1 aromatic heterocycles. The topological polar surface area (TPSA) is 53.5 Å². The van der Waals surface area contributed by atoms with E-state index in [1.54, 1.807) is 30.3 Å². The Balaban J connectivity index is 2.96. The number of amides is 1. The maximum Gasteiger partial charge on any atom is 0.272 e. The standard InChI is InChI=1S/C15H23N3O2/c1-11(2)14(19)12-7-6-8-16-13(12)15(20)18(5)10-9-17(3)4/h6-8,11H,9-10H2,1-5H3. The molecule has 0 aliphatic carbocycles. The molecule has 0 saturated heterocycles. The Morgan fingerprint density at radius 2 is 1.85 bits per heavy atom. The number of nitrogens with zero attached hydrogens (tertiary/aromatic N) is 3. The molecule has 0 aromatic carbocycles. The van der Waals surface area contributed by atoms with E-state index in [1.165, 1.54) is 0 Å². The van der Waals surface area contributed by atoms with Crippen LogP contribution in [-0.2, 0) is 0 Å². The molecule has 5 nitrogen and oxygen atoms in total. The van der Waals surface area contributed by atoms with E-state index in [9.17, 15) is 9.59 Å². The third-order valence-electron chi connectivity index (χ3n) is 3.03. The van der Waals surface area contributed by atoms with E-state index in [2.05, 4.69) is 4.98 Å². The SMILES string of the molecule is CC(C)C(=O)c1cccnc1C(=O)N(C)CCN(C)C. The fourth-order valence-electron chi connectivity index (χ4n) is 1.72. The van der Waals surface area contributed by atoms with Gasteiger partial charge >= 0.3 is 0 Å². The molecule has 0 aliphatic rings. The maximum atomic E-state index is 12.4. The van der Waals surface area contributed by atoms with Crippen molar-refractivity contribution in [3.63, 3.8) is 0 Å². The summed E-state index contributed by atoms with van der Waals surface area (Å²) >= 11 is 0. The molecule has 110 valence electrons. The minimum atomic E-state index is -0.212. The van der Waals surface area contributed by atoms with Gasteiger partial charge in [0.2, 0.25) is 0 Å². The highest BCUT2D eigenvalue weighted by Crippen LogP contribution is 2.13. The Morgan fingerprint density at radius 1 is 1.20 bits per heavy atom. The number of Topliss-reactive ketones (excluding diaryl/α,β-unsaturated/α-hetero) is 1. The number of carbonyl (C=O) groups excluding carboxylic acids is 2. The largest absolute Gasteiger partial charge is 0.339 e. The average Bonchev–Trinajstić information content (AvgIpc) is 2.42. The number of hydrogen-bond acceptors (Lipinski definition) is 4. The second kappa shape index (κ2) is 7.14. The van der Waals surface area contributed by atoms with Gasteiger partial charge in [0.15, 0.2) is 5.78 Å². The van der Waals surface area contributed by atoms with E-state index in [4.69, 9.17) is 0 Å². The highest BCUT2D eigenvalue weighted by Gasteiger charge is 2.22. The number of carbonyl (C=O) groups is 2. The molecule has 0 bridgehead atoms. The van der Waals surface area contributed by atoms with E-state index in [0.29, 0.717) is 12.1 Å². The lowest BCUT2D eigenvalue weighted by atomic mass is 9.99. The zero-order chi connectivity index (χ0) is 15.3. The van der Waals surface area contributed by atoms with Crippen LogP contribution in [0.15, 0.2) is 18.3 Å². The molecule has 0 N–H and O–H groups in total. The van der Waals surface area contributed by atoms with Crippen molar-refractivity contribution in [1.82, 2.24) is 14.8 Å². The van der Waals surface area contributed by atoms with Gasteiger partial charge in [-0.25, -0.2) is 0 Å². The summed E-state index contributed by atoms with van der Waals surface area (Å²) in [5.74, 6) is -0.420. The zero-order valence-corrected chi connectivity index (χ0v) is 12.9. The molecule has 1 heterocycles. The van der Waals surface area contributed by atoms with Crippen LogP contribution in [0.4, 0.5) is 0 Å². The van der Waals surface area contributed by atoms with Crippen molar-refractivity contribution in [1.29, 1.82) is 0 Å². The average molecular weight is 277 g/mol. The summed E-state index contributed by atoms with van der Waals surface area (Å²) in [7, 11) is 5.63. The molecule has 0 spiro atoms. The Labute approximate surface area is 120 Å². The summed E-state index contributed by atoms with van der Waals surface area (Å²) in [5.41, 5.74) is 0.650. The monoisotopic (exact) mass is 277 g/mol. The van der Waals surface area contributed by atoms with Crippen LogP contribution in [0.25, 0.3) is 0 Å². The summed E-state index contributed by atoms with van der Waals surface area (Å²) < 4.78 is 0. The van der Waals surface area contributed by atoms with E-state index >= 15 is 0 Å². The van der Waals surface area contributed by atoms with Crippen molar-refractivity contribution < 1.29 is 9.59 Å². The van der Waals surface area contributed by atoms with Crippen molar-refractivity contribution in [2.45, 2.75) is 13.8 Å². The van der Waals surface area contributed by atoms with Crippen LogP contribution in [0.5, 0.6) is 0 Å². The molecule has 0 aliphatic heterocycles. The lowest BCUT2D eigenvalue weighted by molar-refractivity contribution is 0.0772. The molecule has 20 heavy (non-hydrogen) atoms. The van der Waals surface area contributed by atoms with Gasteiger partial charge in [0.25, 0.3) is 5.91 Å². The van der Waals surface area contributed by atoms with Gasteiger partial charge < -0.3 is 9.80 Å². The second-order valence-electron chi connectivity index (χ2n) is 5.45. The normalized spacial score (nSPS) is 10.9. The van der Waals surface area contributed by atoms with Gasteiger partial charge in [0.1, 0.15) is 5.69 Å². The summed E-state index contributed by atoms with van der Waals surface area (Å²) in [4.78, 5) is 32.2. The van der Waals surface area contributed by atoms with E-state index in [1.807, 2.05) is 32.8 Å². The molecule has 1 amide bonds. The smallest absolute Gasteiger partial charge is 0.272 e. The van der Waals surface area contributed by atoms with Crippen molar-refractivity contribution in [2.24, 2.45) is 5.92 Å². The molecular weight excluding hydrogens is 254 g/mol. The first kappa shape index (κ1) is 16.3. The van der Waals surface area contributed by atoms with E-state index in [0.717, 1.165) is 6.54 Å². The van der Waals surface area contributed by atoms with Crippen LogP contribution >= 0.6 is 0 Å². The Morgan fingerprint density at radius 3 is 2.40 bits per heavy atom. The number of ketones is 1. The third kappa shape index (κ3) is 4.13. The molecule has 0 unspecified atom stereocenters. The number of hydrogen-bond donors (Lipinski definition) is 0. The molecular formula is C15H23N3O2. The van der Waals surface area contributed by atoms with Gasteiger partial charge in [-0.3, -0.25) is 14.6 Å². The van der Waals surface area contributed by atoms with Gasteiger partial charge in [-0.2, -0.15) is 0 Å². The Hall–Kier alpha value is -1.75. The third-order valence-corrected chi connectivity index (χ3v) is 3.03. The van der Waals surface area contributed by atoms with Crippen LogP contribution in [0, 0.1) is 5.92 Å². The van der Waals surface area contributed by atoms with Crippen LogP contribution in [-0.4, -0.2) is 60.7 Å². The van der Waals surface area contributed by atoms with Gasteiger partial charge in [-0.05, 0) is 26.2 Å². The zero-order valence-electron chi connectivity index (χ0n) is 12.9. The van der Waals surface area contributed by atoms with E-state index < -0.39 is 0 Å². The first-order valence-corrected chi connectivity index (χ1v) is 6.74. The fraction of sp³-hybridized carbons (Fsp3) is 0.533. The van der Waals surface area contributed by atoms with Crippen molar-refractivity contribution in [3.8, 4) is 0 Å². The van der Waals surface area contributed by atoms with Crippen LogP contribution < -0.4 is 0 Å². The van der Waals surface area contributed by atoms with Crippen molar-refractivity contribution in [2.75, 3.05) is 34.2 Å². The number of aromatic nitrogens is 1. The summed E-state index contributed by atoms with van der Waals surface area (Å²) in [6, 6.07) is 3.36. The van der Waals surface area contributed by atoms with Gasteiger partial charge in [0.05, 0.1) is 0 Å². The minimum absolute atomic E-state index is 0.0533. The number of rotatable bonds is 6. The summed E-state index contributed by atoms with van der Waals surface area (Å²) in [6.07, 6.45) is 1.55. The summed E-state index contributed by atoms with van der Waals surface area (Å²) in [6.45, 7) is 5.00. The van der Waals surface area contributed by atoms with Crippen molar-refractivity contribution >= 4 is 11.7 Å². The highest BCUT2D eigenvalue weighted by molar-refractivity contribution is 6.07. The molecule has 0 radical (unpaired) electrons. The molecule has 0 saturated carbocycles. The lowest BCUT2D eigenvalue weighted by Crippen LogP contribution is -2.35.